The monoisotopic (exact) mass is 405 g/mol. The highest BCUT2D eigenvalue weighted by Gasteiger charge is 2.16. The molecule has 156 valence electrons. The SMILES string of the molecule is Cc1ccc(NC(=O)[C@H](C)Oc2ccc(C(=O)Nn3c(C)ccc3C)cc2)c(C)c1. The van der Waals surface area contributed by atoms with Crippen molar-refractivity contribution in [3.8, 4) is 5.75 Å². The van der Waals surface area contributed by atoms with Gasteiger partial charge in [0.25, 0.3) is 11.8 Å². The van der Waals surface area contributed by atoms with E-state index in [-0.39, 0.29) is 11.8 Å². The van der Waals surface area contributed by atoms with Gasteiger partial charge in [0.2, 0.25) is 0 Å². The molecule has 6 nitrogen and oxygen atoms in total. The lowest BCUT2D eigenvalue weighted by Gasteiger charge is -2.16. The predicted octanol–water partition coefficient (Wildman–Crippen LogP) is 4.51. The molecule has 0 fully saturated rings. The maximum atomic E-state index is 12.5. The molecule has 2 amide bonds. The van der Waals surface area contributed by atoms with Gasteiger partial charge in [0, 0.05) is 22.6 Å². The van der Waals surface area contributed by atoms with Crippen molar-refractivity contribution < 1.29 is 14.3 Å². The lowest BCUT2D eigenvalue weighted by atomic mass is 10.1. The molecule has 3 aromatic rings. The van der Waals surface area contributed by atoms with Crippen LogP contribution in [0.15, 0.2) is 54.6 Å². The standard InChI is InChI=1S/C24H27N3O3/c1-15-6-13-22(16(2)14-15)25-23(28)19(5)30-21-11-9-20(10-12-21)24(29)26-27-17(3)7-8-18(27)4/h6-14,19H,1-5H3,(H,25,28)(H,26,29)/t19-/m0/s1. The Balaban J connectivity index is 1.60. The fourth-order valence-corrected chi connectivity index (χ4v) is 3.14. The summed E-state index contributed by atoms with van der Waals surface area (Å²) in [5.74, 6) is 0.0649. The number of nitrogens with zero attached hydrogens (tertiary/aromatic N) is 1. The molecule has 0 spiro atoms. The molecule has 0 saturated carbocycles. The minimum atomic E-state index is -0.685. The molecule has 30 heavy (non-hydrogen) atoms. The van der Waals surface area contributed by atoms with Crippen LogP contribution in [0.3, 0.4) is 0 Å². The van der Waals surface area contributed by atoms with Crippen molar-refractivity contribution in [2.24, 2.45) is 0 Å². The zero-order valence-electron chi connectivity index (χ0n) is 17.9. The third kappa shape index (κ3) is 4.89. The number of hydrogen-bond acceptors (Lipinski definition) is 3. The van der Waals surface area contributed by atoms with Crippen LogP contribution in [-0.2, 0) is 4.79 Å². The van der Waals surface area contributed by atoms with Crippen LogP contribution < -0.4 is 15.5 Å². The summed E-state index contributed by atoms with van der Waals surface area (Å²) in [6, 6.07) is 16.5. The Hall–Kier alpha value is -3.54. The van der Waals surface area contributed by atoms with E-state index < -0.39 is 6.10 Å². The van der Waals surface area contributed by atoms with Crippen molar-refractivity contribution >= 4 is 17.5 Å². The van der Waals surface area contributed by atoms with Gasteiger partial charge in [-0.15, -0.1) is 0 Å². The Kier molecular flexibility index (Phi) is 6.26. The van der Waals surface area contributed by atoms with Crippen LogP contribution in [0.5, 0.6) is 5.75 Å². The molecule has 3 rings (SSSR count). The number of nitrogens with one attached hydrogen (secondary N) is 2. The van der Waals surface area contributed by atoms with Crippen LogP contribution >= 0.6 is 0 Å². The molecule has 2 aromatic carbocycles. The van der Waals surface area contributed by atoms with Crippen LogP contribution in [0.1, 0.15) is 39.8 Å². The van der Waals surface area contributed by atoms with E-state index in [0.29, 0.717) is 11.3 Å². The number of ether oxygens (including phenoxy) is 1. The van der Waals surface area contributed by atoms with Gasteiger partial charge in [-0.05, 0) is 82.6 Å². The molecule has 2 N–H and O–H groups in total. The zero-order chi connectivity index (χ0) is 21.8. The molecule has 6 heteroatoms. The first kappa shape index (κ1) is 21.2. The molecule has 0 aliphatic rings. The predicted molar refractivity (Wildman–Crippen MR) is 119 cm³/mol. The Morgan fingerprint density at radius 3 is 2.13 bits per heavy atom. The maximum Gasteiger partial charge on any atom is 0.270 e. The quantitative estimate of drug-likeness (QED) is 0.634. The summed E-state index contributed by atoms with van der Waals surface area (Å²) < 4.78 is 7.48. The van der Waals surface area contributed by atoms with E-state index in [1.54, 1.807) is 35.9 Å². The lowest BCUT2D eigenvalue weighted by molar-refractivity contribution is -0.122. The van der Waals surface area contributed by atoms with Gasteiger partial charge in [0.05, 0.1) is 0 Å². The van der Waals surface area contributed by atoms with Crippen LogP contribution in [0, 0.1) is 27.7 Å². The van der Waals surface area contributed by atoms with E-state index in [4.69, 9.17) is 4.74 Å². The third-order valence-corrected chi connectivity index (χ3v) is 4.92. The van der Waals surface area contributed by atoms with Crippen molar-refractivity contribution in [1.82, 2.24) is 4.68 Å². The van der Waals surface area contributed by atoms with E-state index in [2.05, 4.69) is 10.7 Å². The van der Waals surface area contributed by atoms with Gasteiger partial charge in [-0.25, -0.2) is 0 Å². The summed E-state index contributed by atoms with van der Waals surface area (Å²) in [5, 5.41) is 2.89. The topological polar surface area (TPSA) is 72.4 Å². The second-order valence-corrected chi connectivity index (χ2v) is 7.48. The number of carbonyl (C=O) groups is 2. The van der Waals surface area contributed by atoms with Crippen molar-refractivity contribution in [2.45, 2.75) is 40.7 Å². The highest BCUT2D eigenvalue weighted by atomic mass is 16.5. The number of benzene rings is 2. The molecular formula is C24H27N3O3. The summed E-state index contributed by atoms with van der Waals surface area (Å²) in [4.78, 5) is 24.9. The van der Waals surface area contributed by atoms with Gasteiger partial charge < -0.3 is 10.1 Å². The van der Waals surface area contributed by atoms with Gasteiger partial charge in [-0.1, -0.05) is 17.7 Å². The third-order valence-electron chi connectivity index (χ3n) is 4.92. The second kappa shape index (κ2) is 8.86. The number of amides is 2. The summed E-state index contributed by atoms with van der Waals surface area (Å²) in [6.07, 6.45) is -0.685. The van der Waals surface area contributed by atoms with Gasteiger partial charge in [-0.2, -0.15) is 0 Å². The maximum absolute atomic E-state index is 12.5. The molecule has 0 radical (unpaired) electrons. The molecule has 0 unspecified atom stereocenters. The largest absolute Gasteiger partial charge is 0.481 e. The second-order valence-electron chi connectivity index (χ2n) is 7.48. The minimum Gasteiger partial charge on any atom is -0.481 e. The molecule has 1 atom stereocenters. The molecule has 1 heterocycles. The van der Waals surface area contributed by atoms with Crippen LogP contribution in [0.4, 0.5) is 5.69 Å². The Morgan fingerprint density at radius 1 is 0.900 bits per heavy atom. The van der Waals surface area contributed by atoms with E-state index in [0.717, 1.165) is 28.2 Å². The minimum absolute atomic E-state index is 0.218. The van der Waals surface area contributed by atoms with Crippen LogP contribution in [0.2, 0.25) is 0 Å². The number of rotatable bonds is 6. The van der Waals surface area contributed by atoms with E-state index in [9.17, 15) is 9.59 Å². The number of hydrogen-bond donors (Lipinski definition) is 2. The smallest absolute Gasteiger partial charge is 0.270 e. The molecular weight excluding hydrogens is 378 g/mol. The van der Waals surface area contributed by atoms with Crippen LogP contribution in [-0.4, -0.2) is 22.6 Å². The highest BCUT2D eigenvalue weighted by Crippen LogP contribution is 2.18. The number of anilines is 1. The average molecular weight is 405 g/mol. The number of carbonyl (C=O) groups excluding carboxylic acids is 2. The summed E-state index contributed by atoms with van der Waals surface area (Å²) >= 11 is 0. The van der Waals surface area contributed by atoms with Crippen molar-refractivity contribution in [1.29, 1.82) is 0 Å². The number of aryl methyl sites for hydroxylation is 4. The van der Waals surface area contributed by atoms with Crippen molar-refractivity contribution in [2.75, 3.05) is 10.7 Å². The Bertz CT molecular complexity index is 1050. The zero-order valence-corrected chi connectivity index (χ0v) is 17.9. The van der Waals surface area contributed by atoms with E-state index >= 15 is 0 Å². The summed E-state index contributed by atoms with van der Waals surface area (Å²) in [5.41, 5.74) is 8.17. The van der Waals surface area contributed by atoms with Gasteiger partial charge in [0.1, 0.15) is 5.75 Å². The first-order chi connectivity index (χ1) is 14.2. The molecule has 0 saturated heterocycles. The summed E-state index contributed by atoms with van der Waals surface area (Å²) in [6.45, 7) is 9.50. The van der Waals surface area contributed by atoms with Crippen molar-refractivity contribution in [3.63, 3.8) is 0 Å². The van der Waals surface area contributed by atoms with Gasteiger partial charge in [-0.3, -0.25) is 19.7 Å². The van der Waals surface area contributed by atoms with Gasteiger partial charge >= 0.3 is 0 Å². The van der Waals surface area contributed by atoms with Crippen molar-refractivity contribution in [3.05, 3.63) is 82.7 Å². The first-order valence-electron chi connectivity index (χ1n) is 9.86. The molecule has 0 aliphatic heterocycles. The van der Waals surface area contributed by atoms with Crippen LogP contribution in [0.25, 0.3) is 0 Å². The lowest BCUT2D eigenvalue weighted by Crippen LogP contribution is -2.30. The Morgan fingerprint density at radius 2 is 1.53 bits per heavy atom. The van der Waals surface area contributed by atoms with E-state index in [1.807, 2.05) is 58.0 Å². The fraction of sp³-hybridized carbons (Fsp3) is 0.250. The number of aromatic nitrogens is 1. The first-order valence-corrected chi connectivity index (χ1v) is 9.86. The normalized spacial score (nSPS) is 11.6. The average Bonchev–Trinajstić information content (AvgIpc) is 3.02. The highest BCUT2D eigenvalue weighted by molar-refractivity contribution is 6.00. The molecule has 0 aliphatic carbocycles. The Labute approximate surface area is 176 Å². The molecule has 0 bridgehead atoms. The van der Waals surface area contributed by atoms with E-state index in [1.165, 1.54) is 0 Å². The summed E-state index contributed by atoms with van der Waals surface area (Å²) in [7, 11) is 0. The van der Waals surface area contributed by atoms with Gasteiger partial charge in [0.15, 0.2) is 6.10 Å². The fourth-order valence-electron chi connectivity index (χ4n) is 3.14. The molecule has 1 aromatic heterocycles.